The smallest absolute Gasteiger partial charge is 0.234 e. The summed E-state index contributed by atoms with van der Waals surface area (Å²) in [7, 11) is 1.60. The van der Waals surface area contributed by atoms with Crippen LogP contribution in [0.3, 0.4) is 0 Å². The highest BCUT2D eigenvalue weighted by atomic mass is 32.2. The standard InChI is InChI=1S/C29H28N4O2S2/c1-18(2)22-12-7-9-19(3)27(22)33-26(34)17-36-28(31-20-10-8-11-21(15-20)35-4)23(16-30)29-32-24-13-5-6-14-25(24)37-29/h5-15,18,31H,17H2,1-4H3,(H,33,34)/b28-23+. The molecule has 1 amide bonds. The van der Waals surface area contributed by atoms with E-state index < -0.39 is 0 Å². The van der Waals surface area contributed by atoms with Crippen LogP contribution in [-0.2, 0) is 4.79 Å². The van der Waals surface area contributed by atoms with Gasteiger partial charge in [0.15, 0.2) is 0 Å². The average molecular weight is 529 g/mol. The Balaban J connectivity index is 1.65. The molecule has 0 saturated heterocycles. The van der Waals surface area contributed by atoms with Gasteiger partial charge in [-0.15, -0.1) is 11.3 Å². The van der Waals surface area contributed by atoms with Crippen molar-refractivity contribution in [3.63, 3.8) is 0 Å². The van der Waals surface area contributed by atoms with Gasteiger partial charge in [-0.25, -0.2) is 4.98 Å². The van der Waals surface area contributed by atoms with Crippen molar-refractivity contribution in [2.75, 3.05) is 23.5 Å². The number of para-hydroxylation sites is 2. The first-order valence-corrected chi connectivity index (χ1v) is 13.6. The van der Waals surface area contributed by atoms with Crippen LogP contribution in [0.4, 0.5) is 11.4 Å². The number of hydrogen-bond donors (Lipinski definition) is 2. The zero-order valence-corrected chi connectivity index (χ0v) is 22.8. The van der Waals surface area contributed by atoms with Gasteiger partial charge >= 0.3 is 0 Å². The predicted molar refractivity (Wildman–Crippen MR) is 155 cm³/mol. The average Bonchev–Trinajstić information content (AvgIpc) is 3.32. The quantitative estimate of drug-likeness (QED) is 0.220. The number of anilines is 2. The highest BCUT2D eigenvalue weighted by Gasteiger charge is 2.18. The molecule has 2 N–H and O–H groups in total. The van der Waals surface area contributed by atoms with Gasteiger partial charge in [-0.3, -0.25) is 4.79 Å². The first-order valence-electron chi connectivity index (χ1n) is 11.8. The topological polar surface area (TPSA) is 87.0 Å². The summed E-state index contributed by atoms with van der Waals surface area (Å²) >= 11 is 2.72. The van der Waals surface area contributed by atoms with Crippen molar-refractivity contribution >= 4 is 56.2 Å². The molecule has 0 saturated carbocycles. The molecule has 0 radical (unpaired) electrons. The fourth-order valence-corrected chi connectivity index (χ4v) is 5.69. The lowest BCUT2D eigenvalue weighted by molar-refractivity contribution is -0.113. The van der Waals surface area contributed by atoms with Crippen molar-refractivity contribution in [3.8, 4) is 11.8 Å². The number of thioether (sulfide) groups is 1. The molecule has 3 aromatic carbocycles. The lowest BCUT2D eigenvalue weighted by Crippen LogP contribution is -2.17. The van der Waals surface area contributed by atoms with E-state index in [1.807, 2.05) is 73.7 Å². The Morgan fingerprint density at radius 1 is 1.11 bits per heavy atom. The molecule has 4 aromatic rings. The van der Waals surface area contributed by atoms with E-state index in [4.69, 9.17) is 4.74 Å². The van der Waals surface area contributed by atoms with Gasteiger partial charge in [-0.05, 0) is 48.2 Å². The second kappa shape index (κ2) is 12.0. The molecule has 4 rings (SSSR count). The van der Waals surface area contributed by atoms with Gasteiger partial charge in [-0.1, -0.05) is 62.0 Å². The van der Waals surface area contributed by atoms with E-state index in [9.17, 15) is 10.1 Å². The fourth-order valence-electron chi connectivity index (χ4n) is 3.83. The first kappa shape index (κ1) is 26.3. The molecular formula is C29H28N4O2S2. The number of hydrogen-bond acceptors (Lipinski definition) is 7. The number of aryl methyl sites for hydroxylation is 1. The van der Waals surface area contributed by atoms with Crippen molar-refractivity contribution in [1.82, 2.24) is 4.98 Å². The minimum Gasteiger partial charge on any atom is -0.497 e. The molecule has 0 atom stereocenters. The van der Waals surface area contributed by atoms with Crippen LogP contribution in [0.5, 0.6) is 5.75 Å². The van der Waals surface area contributed by atoms with E-state index >= 15 is 0 Å². The third kappa shape index (κ3) is 6.31. The minimum absolute atomic E-state index is 0.119. The van der Waals surface area contributed by atoms with Crippen LogP contribution in [0.1, 0.15) is 35.9 Å². The first-order chi connectivity index (χ1) is 17.9. The van der Waals surface area contributed by atoms with Gasteiger partial charge < -0.3 is 15.4 Å². The number of benzene rings is 3. The van der Waals surface area contributed by atoms with Crippen LogP contribution in [-0.4, -0.2) is 23.8 Å². The van der Waals surface area contributed by atoms with Crippen LogP contribution in [0.15, 0.2) is 71.8 Å². The number of nitrogens with one attached hydrogen (secondary N) is 2. The second-order valence-electron chi connectivity index (χ2n) is 8.69. The molecule has 0 aliphatic rings. The van der Waals surface area contributed by atoms with Gasteiger partial charge in [0, 0.05) is 17.4 Å². The molecule has 0 fully saturated rings. The van der Waals surface area contributed by atoms with Crippen molar-refractivity contribution in [2.45, 2.75) is 26.7 Å². The number of allylic oxidation sites excluding steroid dienone is 1. The number of fused-ring (bicyclic) bond motifs is 1. The van der Waals surface area contributed by atoms with Crippen LogP contribution in [0, 0.1) is 18.3 Å². The summed E-state index contributed by atoms with van der Waals surface area (Å²) in [5.41, 5.74) is 4.93. The minimum atomic E-state index is -0.146. The number of rotatable bonds is 9. The number of carbonyl (C=O) groups excluding carboxylic acids is 1. The van der Waals surface area contributed by atoms with E-state index in [0.717, 1.165) is 32.7 Å². The van der Waals surface area contributed by atoms with Crippen molar-refractivity contribution in [2.24, 2.45) is 0 Å². The second-order valence-corrected chi connectivity index (χ2v) is 10.7. The molecule has 0 unspecified atom stereocenters. The summed E-state index contributed by atoms with van der Waals surface area (Å²) in [6, 6.07) is 23.6. The van der Waals surface area contributed by atoms with Gasteiger partial charge in [0.1, 0.15) is 22.4 Å². The number of ether oxygens (including phenoxy) is 1. The van der Waals surface area contributed by atoms with Crippen LogP contribution in [0.2, 0.25) is 0 Å². The van der Waals surface area contributed by atoms with Crippen LogP contribution < -0.4 is 15.4 Å². The lowest BCUT2D eigenvalue weighted by atomic mass is 9.98. The largest absolute Gasteiger partial charge is 0.497 e. The highest BCUT2D eigenvalue weighted by Crippen LogP contribution is 2.34. The Labute approximate surface area is 225 Å². The van der Waals surface area contributed by atoms with Crippen molar-refractivity contribution in [1.29, 1.82) is 5.26 Å². The molecule has 6 nitrogen and oxygen atoms in total. The zero-order chi connectivity index (χ0) is 26.4. The van der Waals surface area contributed by atoms with E-state index in [-0.39, 0.29) is 17.6 Å². The van der Waals surface area contributed by atoms with Gasteiger partial charge in [0.25, 0.3) is 0 Å². The number of nitrogens with zero attached hydrogens (tertiary/aromatic N) is 2. The molecule has 37 heavy (non-hydrogen) atoms. The summed E-state index contributed by atoms with van der Waals surface area (Å²) in [5.74, 6) is 0.935. The molecule has 0 spiro atoms. The van der Waals surface area contributed by atoms with Crippen LogP contribution in [0.25, 0.3) is 15.8 Å². The number of aromatic nitrogens is 1. The fraction of sp³-hybridized carbons (Fsp3) is 0.207. The van der Waals surface area contributed by atoms with E-state index in [0.29, 0.717) is 21.4 Å². The van der Waals surface area contributed by atoms with Gasteiger partial charge in [0.05, 0.1) is 28.1 Å². The number of methoxy groups -OCH3 is 1. The molecule has 0 bridgehead atoms. The van der Waals surface area contributed by atoms with Gasteiger partial charge in [0.2, 0.25) is 5.91 Å². The van der Waals surface area contributed by atoms with Crippen molar-refractivity contribution in [3.05, 3.63) is 87.9 Å². The summed E-state index contributed by atoms with van der Waals surface area (Å²) in [4.78, 5) is 17.8. The van der Waals surface area contributed by atoms with Crippen molar-refractivity contribution < 1.29 is 9.53 Å². The molecule has 8 heteroatoms. The number of amides is 1. The lowest BCUT2D eigenvalue weighted by Gasteiger charge is -2.17. The van der Waals surface area contributed by atoms with Gasteiger partial charge in [-0.2, -0.15) is 5.26 Å². The third-order valence-electron chi connectivity index (χ3n) is 5.71. The third-order valence-corrected chi connectivity index (χ3v) is 7.77. The monoisotopic (exact) mass is 528 g/mol. The zero-order valence-electron chi connectivity index (χ0n) is 21.2. The maximum Gasteiger partial charge on any atom is 0.234 e. The summed E-state index contributed by atoms with van der Waals surface area (Å²) < 4.78 is 6.35. The van der Waals surface area contributed by atoms with E-state index in [2.05, 4.69) is 35.5 Å². The number of nitriles is 1. The Morgan fingerprint density at radius 2 is 1.89 bits per heavy atom. The Morgan fingerprint density at radius 3 is 2.62 bits per heavy atom. The highest BCUT2D eigenvalue weighted by molar-refractivity contribution is 8.04. The molecule has 0 aliphatic heterocycles. The number of carbonyl (C=O) groups is 1. The maximum absolute atomic E-state index is 13.1. The van der Waals surface area contributed by atoms with E-state index in [1.165, 1.54) is 23.1 Å². The van der Waals surface area contributed by atoms with E-state index in [1.54, 1.807) is 7.11 Å². The molecule has 188 valence electrons. The SMILES string of the molecule is COc1cccc(N/C(SCC(=O)Nc2c(C)cccc2C(C)C)=C(/C#N)c2nc3ccccc3s2)c1. The Kier molecular flexibility index (Phi) is 8.49. The summed E-state index contributed by atoms with van der Waals surface area (Å²) in [5, 5.41) is 17.7. The summed E-state index contributed by atoms with van der Waals surface area (Å²) in [6.45, 7) is 6.20. The summed E-state index contributed by atoms with van der Waals surface area (Å²) in [6.07, 6.45) is 0. The van der Waals surface area contributed by atoms with Crippen LogP contribution >= 0.6 is 23.1 Å². The molecular weight excluding hydrogens is 500 g/mol. The molecule has 1 aromatic heterocycles. The maximum atomic E-state index is 13.1. The Bertz CT molecular complexity index is 1470. The molecule has 0 aliphatic carbocycles. The Hall–Kier alpha value is -3.80. The molecule has 1 heterocycles. The number of thiazole rings is 1. The predicted octanol–water partition coefficient (Wildman–Crippen LogP) is 7.41. The normalized spacial score (nSPS) is 11.7.